The van der Waals surface area contributed by atoms with E-state index in [9.17, 15) is 16.8 Å². The minimum atomic E-state index is -3.69. The smallest absolute Gasteiger partial charge is 0.240 e. The summed E-state index contributed by atoms with van der Waals surface area (Å²) < 4.78 is 52.5. The van der Waals surface area contributed by atoms with Gasteiger partial charge in [-0.2, -0.15) is 0 Å². The van der Waals surface area contributed by atoms with E-state index in [0.29, 0.717) is 19.6 Å². The summed E-state index contributed by atoms with van der Waals surface area (Å²) in [6.45, 7) is 3.05. The SMILES string of the molecule is CC1(CN)CCN(S(=O)(=O)CCNS(=O)(=O)c2ccccc2)C1. The van der Waals surface area contributed by atoms with Gasteiger partial charge in [0.25, 0.3) is 0 Å². The molecule has 0 amide bonds. The van der Waals surface area contributed by atoms with E-state index in [1.165, 1.54) is 16.4 Å². The van der Waals surface area contributed by atoms with Gasteiger partial charge in [-0.1, -0.05) is 25.1 Å². The molecule has 0 radical (unpaired) electrons. The number of hydrogen-bond acceptors (Lipinski definition) is 5. The molecule has 7 nitrogen and oxygen atoms in total. The van der Waals surface area contributed by atoms with E-state index in [4.69, 9.17) is 5.73 Å². The Balaban J connectivity index is 1.93. The second-order valence-corrected chi connectivity index (χ2v) is 9.98. The summed E-state index contributed by atoms with van der Waals surface area (Å²) in [6.07, 6.45) is 0.721. The van der Waals surface area contributed by atoms with Crippen molar-refractivity contribution >= 4 is 20.0 Å². The van der Waals surface area contributed by atoms with E-state index >= 15 is 0 Å². The van der Waals surface area contributed by atoms with Crippen LogP contribution in [0.5, 0.6) is 0 Å². The van der Waals surface area contributed by atoms with Crippen LogP contribution in [0.1, 0.15) is 13.3 Å². The summed E-state index contributed by atoms with van der Waals surface area (Å²) in [7, 11) is -7.18. The third-order valence-electron chi connectivity index (χ3n) is 4.11. The van der Waals surface area contributed by atoms with E-state index < -0.39 is 20.0 Å². The zero-order chi connectivity index (χ0) is 17.1. The Morgan fingerprint density at radius 2 is 1.87 bits per heavy atom. The molecule has 0 bridgehead atoms. The predicted molar refractivity (Wildman–Crippen MR) is 88.8 cm³/mol. The Kier molecular flexibility index (Phi) is 5.47. The van der Waals surface area contributed by atoms with Gasteiger partial charge in [0.15, 0.2) is 0 Å². The fourth-order valence-corrected chi connectivity index (χ4v) is 5.18. The van der Waals surface area contributed by atoms with Crippen LogP contribution in [0.15, 0.2) is 35.2 Å². The van der Waals surface area contributed by atoms with Crippen molar-refractivity contribution in [1.29, 1.82) is 0 Å². The van der Waals surface area contributed by atoms with Crippen LogP contribution in [0.3, 0.4) is 0 Å². The lowest BCUT2D eigenvalue weighted by Gasteiger charge is -2.22. The highest BCUT2D eigenvalue weighted by atomic mass is 32.2. The van der Waals surface area contributed by atoms with E-state index in [1.54, 1.807) is 18.2 Å². The van der Waals surface area contributed by atoms with Gasteiger partial charge >= 0.3 is 0 Å². The third kappa shape index (κ3) is 4.51. The zero-order valence-electron chi connectivity index (χ0n) is 13.1. The van der Waals surface area contributed by atoms with Crippen molar-refractivity contribution in [2.75, 3.05) is 31.9 Å². The highest BCUT2D eigenvalue weighted by molar-refractivity contribution is 7.90. The second kappa shape index (κ2) is 6.86. The van der Waals surface area contributed by atoms with Crippen LogP contribution in [0, 0.1) is 5.41 Å². The number of sulfonamides is 2. The Morgan fingerprint density at radius 1 is 1.22 bits per heavy atom. The minimum Gasteiger partial charge on any atom is -0.330 e. The summed E-state index contributed by atoms with van der Waals surface area (Å²) in [4.78, 5) is 0.120. The standard InChI is InChI=1S/C14H23N3O4S2/c1-14(11-15)7-9-17(12-14)22(18,19)10-8-16-23(20,21)13-5-3-2-4-6-13/h2-6,16H,7-12,15H2,1H3. The number of benzene rings is 1. The van der Waals surface area contributed by atoms with Crippen LogP contribution in [-0.4, -0.2) is 53.1 Å². The van der Waals surface area contributed by atoms with Crippen molar-refractivity contribution in [2.24, 2.45) is 11.1 Å². The van der Waals surface area contributed by atoms with E-state index in [-0.39, 0.29) is 22.6 Å². The van der Waals surface area contributed by atoms with Crippen LogP contribution < -0.4 is 10.5 Å². The van der Waals surface area contributed by atoms with E-state index in [1.807, 2.05) is 6.92 Å². The maximum atomic E-state index is 12.3. The van der Waals surface area contributed by atoms with Gasteiger partial charge < -0.3 is 5.73 Å². The first kappa shape index (κ1) is 18.3. The maximum Gasteiger partial charge on any atom is 0.240 e. The number of rotatable bonds is 7. The Hall–Kier alpha value is -1.00. The minimum absolute atomic E-state index is 0.120. The molecule has 2 rings (SSSR count). The van der Waals surface area contributed by atoms with Crippen LogP contribution in [0.25, 0.3) is 0 Å². The molecule has 1 atom stereocenters. The molecule has 1 heterocycles. The van der Waals surface area contributed by atoms with Crippen LogP contribution in [0.2, 0.25) is 0 Å². The Morgan fingerprint density at radius 3 is 2.43 bits per heavy atom. The lowest BCUT2D eigenvalue weighted by molar-refractivity contribution is 0.349. The lowest BCUT2D eigenvalue weighted by Crippen LogP contribution is -2.38. The number of hydrogen-bond donors (Lipinski definition) is 2. The molecule has 0 saturated carbocycles. The van der Waals surface area contributed by atoms with Gasteiger partial charge in [-0.15, -0.1) is 0 Å². The monoisotopic (exact) mass is 361 g/mol. The molecule has 0 aliphatic carbocycles. The average Bonchev–Trinajstić information content (AvgIpc) is 2.92. The van der Waals surface area contributed by atoms with Crippen LogP contribution in [0.4, 0.5) is 0 Å². The largest absolute Gasteiger partial charge is 0.330 e. The van der Waals surface area contributed by atoms with Gasteiger partial charge in [-0.3, -0.25) is 0 Å². The summed E-state index contributed by atoms with van der Waals surface area (Å²) in [5, 5.41) is 0. The van der Waals surface area contributed by atoms with Gasteiger partial charge in [-0.05, 0) is 30.5 Å². The molecule has 1 aliphatic rings. The van der Waals surface area contributed by atoms with Crippen molar-refractivity contribution in [1.82, 2.24) is 9.03 Å². The van der Waals surface area contributed by atoms with Gasteiger partial charge in [0, 0.05) is 19.6 Å². The summed E-state index contributed by atoms with van der Waals surface area (Å²) in [5.74, 6) is -0.264. The van der Waals surface area contributed by atoms with E-state index in [0.717, 1.165) is 6.42 Å². The molecule has 1 fully saturated rings. The molecule has 1 aromatic carbocycles. The number of nitrogens with two attached hydrogens (primary N) is 1. The van der Waals surface area contributed by atoms with E-state index in [2.05, 4.69) is 4.72 Å². The quantitative estimate of drug-likeness (QED) is 0.708. The summed E-state index contributed by atoms with van der Waals surface area (Å²) in [5.41, 5.74) is 5.48. The molecule has 0 aromatic heterocycles. The van der Waals surface area contributed by atoms with Crippen molar-refractivity contribution in [3.05, 3.63) is 30.3 Å². The molecule has 1 aromatic rings. The summed E-state index contributed by atoms with van der Waals surface area (Å²) in [6, 6.07) is 7.87. The molecular weight excluding hydrogens is 338 g/mol. The molecule has 1 aliphatic heterocycles. The van der Waals surface area contributed by atoms with Crippen molar-refractivity contribution in [2.45, 2.75) is 18.2 Å². The highest BCUT2D eigenvalue weighted by Crippen LogP contribution is 2.30. The Bertz CT molecular complexity index is 735. The van der Waals surface area contributed by atoms with Gasteiger partial charge in [-0.25, -0.2) is 25.9 Å². The molecule has 0 spiro atoms. The molecule has 23 heavy (non-hydrogen) atoms. The molecule has 130 valence electrons. The summed E-state index contributed by atoms with van der Waals surface area (Å²) >= 11 is 0. The molecule has 3 N–H and O–H groups in total. The van der Waals surface area contributed by atoms with Gasteiger partial charge in [0.2, 0.25) is 20.0 Å². The highest BCUT2D eigenvalue weighted by Gasteiger charge is 2.38. The van der Waals surface area contributed by atoms with Crippen molar-refractivity contribution in [3.63, 3.8) is 0 Å². The molecule has 9 heteroatoms. The lowest BCUT2D eigenvalue weighted by atomic mass is 9.90. The predicted octanol–water partition coefficient (Wildman–Crippen LogP) is -0.0346. The molecule has 1 saturated heterocycles. The number of nitrogens with one attached hydrogen (secondary N) is 1. The average molecular weight is 361 g/mol. The zero-order valence-corrected chi connectivity index (χ0v) is 14.7. The first-order valence-electron chi connectivity index (χ1n) is 7.41. The topological polar surface area (TPSA) is 110 Å². The molecular formula is C14H23N3O4S2. The fourth-order valence-electron chi connectivity index (χ4n) is 2.50. The second-order valence-electron chi connectivity index (χ2n) is 6.13. The first-order valence-corrected chi connectivity index (χ1v) is 10.5. The maximum absolute atomic E-state index is 12.3. The van der Waals surface area contributed by atoms with Gasteiger partial charge in [0.05, 0.1) is 10.6 Å². The molecule has 1 unspecified atom stereocenters. The van der Waals surface area contributed by atoms with Gasteiger partial charge in [0.1, 0.15) is 0 Å². The third-order valence-corrected chi connectivity index (χ3v) is 7.41. The fraction of sp³-hybridized carbons (Fsp3) is 0.571. The van der Waals surface area contributed by atoms with Crippen molar-refractivity contribution in [3.8, 4) is 0 Å². The number of nitrogens with zero attached hydrogens (tertiary/aromatic N) is 1. The first-order chi connectivity index (χ1) is 10.7. The Labute approximate surface area is 138 Å². The normalized spacial score (nSPS) is 23.2. The van der Waals surface area contributed by atoms with Crippen LogP contribution >= 0.6 is 0 Å². The van der Waals surface area contributed by atoms with Crippen LogP contribution in [-0.2, 0) is 20.0 Å². The van der Waals surface area contributed by atoms with Crippen molar-refractivity contribution < 1.29 is 16.8 Å².